The van der Waals surface area contributed by atoms with E-state index < -0.39 is 5.97 Å². The first-order chi connectivity index (χ1) is 10.1. The summed E-state index contributed by atoms with van der Waals surface area (Å²) in [5.74, 6) is -0.525. The number of carbonyl (C=O) groups is 2. The maximum absolute atomic E-state index is 12.1. The molecule has 2 rings (SSSR count). The smallest absolute Gasteiger partial charge is 0.338 e. The van der Waals surface area contributed by atoms with Crippen LogP contribution in [0.1, 0.15) is 23.7 Å². The van der Waals surface area contributed by atoms with Gasteiger partial charge in [-0.15, -0.1) is 0 Å². The molecule has 1 aromatic rings. The van der Waals surface area contributed by atoms with Gasteiger partial charge in [0.15, 0.2) is 0 Å². The Hall–Kier alpha value is -1.92. The van der Waals surface area contributed by atoms with Gasteiger partial charge in [-0.2, -0.15) is 0 Å². The molecular weight excluding hydrogens is 272 g/mol. The van der Waals surface area contributed by atoms with Gasteiger partial charge in [-0.3, -0.25) is 4.79 Å². The maximum Gasteiger partial charge on any atom is 0.338 e. The number of anilines is 1. The first-order valence-electron chi connectivity index (χ1n) is 6.98. The molecule has 2 N–H and O–H groups in total. The van der Waals surface area contributed by atoms with E-state index in [1.807, 2.05) is 0 Å². The van der Waals surface area contributed by atoms with Crippen molar-refractivity contribution in [1.29, 1.82) is 0 Å². The van der Waals surface area contributed by atoms with Crippen molar-refractivity contribution < 1.29 is 19.1 Å². The summed E-state index contributed by atoms with van der Waals surface area (Å²) in [4.78, 5) is 23.8. The summed E-state index contributed by atoms with van der Waals surface area (Å²) in [5.41, 5.74) is 0.997. The second kappa shape index (κ2) is 7.19. The van der Waals surface area contributed by atoms with Gasteiger partial charge in [0.25, 0.3) is 0 Å². The molecule has 1 aromatic carbocycles. The van der Waals surface area contributed by atoms with Crippen LogP contribution in [0.3, 0.4) is 0 Å². The monoisotopic (exact) mass is 292 g/mol. The number of nitrogens with one attached hydrogen (secondary N) is 2. The van der Waals surface area contributed by atoms with Gasteiger partial charge in [0.05, 0.1) is 24.3 Å². The minimum absolute atomic E-state index is 0.0617. The van der Waals surface area contributed by atoms with Crippen LogP contribution in [0.4, 0.5) is 5.69 Å². The number of rotatable bonds is 5. The SMILES string of the molecule is CCOC(=O)c1cccc(NC(=O)C2CC(OC)CN2)c1. The summed E-state index contributed by atoms with van der Waals surface area (Å²) < 4.78 is 10.2. The highest BCUT2D eigenvalue weighted by Gasteiger charge is 2.29. The van der Waals surface area contributed by atoms with Crippen molar-refractivity contribution in [2.24, 2.45) is 0 Å². The standard InChI is InChI=1S/C15H20N2O4/c1-3-21-15(19)10-5-4-6-11(7-10)17-14(18)13-8-12(20-2)9-16-13/h4-7,12-13,16H,3,8-9H2,1-2H3,(H,17,18). The molecule has 21 heavy (non-hydrogen) atoms. The first kappa shape index (κ1) is 15.5. The molecule has 1 amide bonds. The highest BCUT2D eigenvalue weighted by molar-refractivity contribution is 5.97. The number of benzene rings is 1. The number of esters is 1. The summed E-state index contributed by atoms with van der Waals surface area (Å²) >= 11 is 0. The molecule has 1 saturated heterocycles. The molecule has 114 valence electrons. The average molecular weight is 292 g/mol. The zero-order chi connectivity index (χ0) is 15.2. The lowest BCUT2D eigenvalue weighted by molar-refractivity contribution is -0.118. The molecule has 1 aliphatic heterocycles. The van der Waals surface area contributed by atoms with E-state index in [1.165, 1.54) is 0 Å². The molecule has 1 fully saturated rings. The largest absolute Gasteiger partial charge is 0.462 e. The van der Waals surface area contributed by atoms with E-state index in [1.54, 1.807) is 38.3 Å². The van der Waals surface area contributed by atoms with Gasteiger partial charge in [0.1, 0.15) is 0 Å². The molecule has 2 atom stereocenters. The van der Waals surface area contributed by atoms with E-state index in [0.29, 0.717) is 30.8 Å². The molecule has 0 aliphatic carbocycles. The third-order valence-corrected chi connectivity index (χ3v) is 3.38. The van der Waals surface area contributed by atoms with Gasteiger partial charge in [0.2, 0.25) is 5.91 Å². The van der Waals surface area contributed by atoms with Crippen molar-refractivity contribution in [2.75, 3.05) is 25.6 Å². The molecule has 0 bridgehead atoms. The van der Waals surface area contributed by atoms with E-state index in [2.05, 4.69) is 10.6 Å². The number of hydrogen-bond donors (Lipinski definition) is 2. The summed E-state index contributed by atoms with van der Waals surface area (Å²) in [7, 11) is 1.63. The number of hydrogen-bond acceptors (Lipinski definition) is 5. The summed E-state index contributed by atoms with van der Waals surface area (Å²) in [5, 5.41) is 5.91. The fraction of sp³-hybridized carbons (Fsp3) is 0.467. The van der Waals surface area contributed by atoms with E-state index >= 15 is 0 Å². The van der Waals surface area contributed by atoms with E-state index in [9.17, 15) is 9.59 Å². The normalized spacial score (nSPS) is 21.0. The third kappa shape index (κ3) is 4.03. The molecular formula is C15H20N2O4. The van der Waals surface area contributed by atoms with Crippen LogP contribution in [0, 0.1) is 0 Å². The minimum atomic E-state index is -0.396. The van der Waals surface area contributed by atoms with Crippen molar-refractivity contribution in [2.45, 2.75) is 25.5 Å². The van der Waals surface area contributed by atoms with Gasteiger partial charge in [-0.25, -0.2) is 4.79 Å². The summed E-state index contributed by atoms with van der Waals surface area (Å²) in [6.07, 6.45) is 0.700. The van der Waals surface area contributed by atoms with Crippen LogP contribution in [0.5, 0.6) is 0 Å². The highest BCUT2D eigenvalue weighted by atomic mass is 16.5. The Morgan fingerprint density at radius 2 is 2.24 bits per heavy atom. The van der Waals surface area contributed by atoms with Crippen molar-refractivity contribution in [1.82, 2.24) is 5.32 Å². The Morgan fingerprint density at radius 3 is 2.90 bits per heavy atom. The topological polar surface area (TPSA) is 76.7 Å². The lowest BCUT2D eigenvalue weighted by atomic mass is 10.1. The Labute approximate surface area is 123 Å². The molecule has 0 radical (unpaired) electrons. The number of ether oxygens (including phenoxy) is 2. The third-order valence-electron chi connectivity index (χ3n) is 3.38. The predicted octanol–water partition coefficient (Wildman–Crippen LogP) is 1.18. The Kier molecular flexibility index (Phi) is 5.30. The molecule has 1 aliphatic rings. The Balaban J connectivity index is 1.98. The van der Waals surface area contributed by atoms with Gasteiger partial charge >= 0.3 is 5.97 Å². The van der Waals surface area contributed by atoms with Gasteiger partial charge in [-0.05, 0) is 31.5 Å². The lowest BCUT2D eigenvalue weighted by Crippen LogP contribution is -2.35. The number of methoxy groups -OCH3 is 1. The fourth-order valence-electron chi connectivity index (χ4n) is 2.25. The van der Waals surface area contributed by atoms with Gasteiger partial charge in [0, 0.05) is 19.3 Å². The van der Waals surface area contributed by atoms with Crippen LogP contribution in [-0.4, -0.2) is 44.3 Å². The molecule has 0 aromatic heterocycles. The zero-order valence-corrected chi connectivity index (χ0v) is 12.2. The van der Waals surface area contributed by atoms with Crippen LogP contribution in [-0.2, 0) is 14.3 Å². The van der Waals surface area contributed by atoms with Gasteiger partial charge < -0.3 is 20.1 Å². The molecule has 1 heterocycles. The fourth-order valence-corrected chi connectivity index (χ4v) is 2.25. The molecule has 2 unspecified atom stereocenters. The minimum Gasteiger partial charge on any atom is -0.462 e. The van der Waals surface area contributed by atoms with Crippen LogP contribution in [0.15, 0.2) is 24.3 Å². The molecule has 0 saturated carbocycles. The van der Waals surface area contributed by atoms with E-state index in [-0.39, 0.29) is 18.1 Å². The second-order valence-electron chi connectivity index (χ2n) is 4.84. The van der Waals surface area contributed by atoms with Crippen LogP contribution in [0.25, 0.3) is 0 Å². The Morgan fingerprint density at radius 1 is 1.43 bits per heavy atom. The van der Waals surface area contributed by atoms with Crippen LogP contribution in [0.2, 0.25) is 0 Å². The average Bonchev–Trinajstić information content (AvgIpc) is 2.97. The molecule has 6 heteroatoms. The number of carbonyl (C=O) groups excluding carboxylic acids is 2. The predicted molar refractivity (Wildman–Crippen MR) is 78.2 cm³/mol. The maximum atomic E-state index is 12.1. The van der Waals surface area contributed by atoms with Gasteiger partial charge in [-0.1, -0.05) is 6.07 Å². The lowest BCUT2D eigenvalue weighted by Gasteiger charge is -2.12. The second-order valence-corrected chi connectivity index (χ2v) is 4.84. The zero-order valence-electron chi connectivity index (χ0n) is 12.2. The highest BCUT2D eigenvalue weighted by Crippen LogP contribution is 2.15. The quantitative estimate of drug-likeness (QED) is 0.797. The van der Waals surface area contributed by atoms with Crippen molar-refractivity contribution in [3.05, 3.63) is 29.8 Å². The Bertz CT molecular complexity index is 518. The van der Waals surface area contributed by atoms with Crippen LogP contribution >= 0.6 is 0 Å². The van der Waals surface area contributed by atoms with E-state index in [4.69, 9.17) is 9.47 Å². The van der Waals surface area contributed by atoms with Crippen LogP contribution < -0.4 is 10.6 Å². The van der Waals surface area contributed by atoms with Crippen molar-refractivity contribution in [3.8, 4) is 0 Å². The van der Waals surface area contributed by atoms with Crippen molar-refractivity contribution in [3.63, 3.8) is 0 Å². The number of amides is 1. The molecule has 6 nitrogen and oxygen atoms in total. The summed E-state index contributed by atoms with van der Waals surface area (Å²) in [6, 6.07) is 6.44. The summed E-state index contributed by atoms with van der Waals surface area (Å²) in [6.45, 7) is 2.73. The molecule has 0 spiro atoms. The first-order valence-corrected chi connectivity index (χ1v) is 6.98. The van der Waals surface area contributed by atoms with E-state index in [0.717, 1.165) is 0 Å². The van der Waals surface area contributed by atoms with Crippen molar-refractivity contribution >= 4 is 17.6 Å².